The zero-order valence-corrected chi connectivity index (χ0v) is 21.9. The van der Waals surface area contributed by atoms with E-state index < -0.39 is 0 Å². The van der Waals surface area contributed by atoms with Gasteiger partial charge in [0.15, 0.2) is 0 Å². The molecule has 0 radical (unpaired) electrons. The van der Waals surface area contributed by atoms with Crippen molar-refractivity contribution in [2.24, 2.45) is 22.3 Å². The van der Waals surface area contributed by atoms with Gasteiger partial charge in [0.25, 0.3) is 0 Å². The molecule has 0 bridgehead atoms. The Morgan fingerprint density at radius 2 is 0.964 bits per heavy atom. The predicted octanol–water partition coefficient (Wildman–Crippen LogP) is 6.44. The van der Waals surface area contributed by atoms with E-state index in [1.54, 1.807) is 0 Å². The van der Waals surface area contributed by atoms with Gasteiger partial charge in [-0.3, -0.25) is 0 Å². The zero-order chi connectivity index (χ0) is 22.4. The standard InChI is InChI=1S/2C11H16N.2ClH.2Pd/c2*1-11(2,3)10(12)9-7-5-4-6-8-9;;;;/h2*4-7,10H,12H2,1-3H3;2*1H;;/q2*-1;;;2*+2/p-2/t2*10-;;;;/m00..../s1. The number of hydrogen-bond donors (Lipinski definition) is 2. The van der Waals surface area contributed by atoms with Gasteiger partial charge in [-0.25, -0.2) is 0 Å². The molecule has 0 aliphatic rings. The molecule has 0 saturated carbocycles. The number of hydrogen-bond acceptors (Lipinski definition) is 2. The molecule has 0 amide bonds. The molecule has 2 atom stereocenters. The SMILES string of the molecule is CC(C)(C)[C@@H](N)c1[c-]cccc1.CC(C)(C)[C@@H](N)c1[c-]cccc1.[Cl][Pd+].[Cl][Pd+]. The van der Waals surface area contributed by atoms with Gasteiger partial charge in [0.1, 0.15) is 0 Å². The van der Waals surface area contributed by atoms with Gasteiger partial charge in [-0.15, -0.1) is 11.1 Å². The second kappa shape index (κ2) is 16.0. The third kappa shape index (κ3) is 12.7. The Labute approximate surface area is 201 Å². The van der Waals surface area contributed by atoms with E-state index in [-0.39, 0.29) is 22.9 Å². The third-order valence-corrected chi connectivity index (χ3v) is 4.00. The first-order valence-corrected chi connectivity index (χ1v) is 12.7. The maximum atomic E-state index is 6.04. The monoisotopic (exact) mass is 606 g/mol. The molecule has 2 aromatic rings. The van der Waals surface area contributed by atoms with Crippen LogP contribution in [-0.4, -0.2) is 0 Å². The molecule has 0 spiro atoms. The maximum absolute atomic E-state index is 6.04. The topological polar surface area (TPSA) is 52.0 Å². The van der Waals surface area contributed by atoms with Gasteiger partial charge in [0, 0.05) is 12.1 Å². The Bertz CT molecular complexity index is 542. The summed E-state index contributed by atoms with van der Waals surface area (Å²) in [6.45, 7) is 12.8. The first-order chi connectivity index (χ1) is 13.0. The van der Waals surface area contributed by atoms with E-state index >= 15 is 0 Å². The van der Waals surface area contributed by atoms with Crippen LogP contribution in [0.2, 0.25) is 0 Å². The van der Waals surface area contributed by atoms with Crippen molar-refractivity contribution in [3.63, 3.8) is 0 Å². The Hall–Kier alpha value is 0.265. The summed E-state index contributed by atoms with van der Waals surface area (Å²) in [7, 11) is 8.98. The van der Waals surface area contributed by atoms with Gasteiger partial charge in [-0.05, 0) is 10.8 Å². The predicted molar refractivity (Wildman–Crippen MR) is 115 cm³/mol. The van der Waals surface area contributed by atoms with Crippen molar-refractivity contribution in [3.8, 4) is 0 Å². The summed E-state index contributed by atoms with van der Waals surface area (Å²) in [6, 6.07) is 22.2. The minimum absolute atomic E-state index is 0.0682. The molecule has 0 fully saturated rings. The van der Waals surface area contributed by atoms with Gasteiger partial charge in [-0.2, -0.15) is 60.7 Å². The molecule has 28 heavy (non-hydrogen) atoms. The molecule has 164 valence electrons. The minimum atomic E-state index is 0.0682. The fourth-order valence-corrected chi connectivity index (χ4v) is 2.13. The van der Waals surface area contributed by atoms with Gasteiger partial charge >= 0.3 is 55.4 Å². The van der Waals surface area contributed by atoms with Crippen molar-refractivity contribution < 1.29 is 36.4 Å². The molecule has 0 heterocycles. The first-order valence-electron chi connectivity index (χ1n) is 8.72. The van der Waals surface area contributed by atoms with E-state index in [1.165, 1.54) is 0 Å². The van der Waals surface area contributed by atoms with Crippen LogP contribution in [0.25, 0.3) is 0 Å². The van der Waals surface area contributed by atoms with Crippen LogP contribution in [0.1, 0.15) is 64.8 Å². The number of halogens is 2. The van der Waals surface area contributed by atoms with Gasteiger partial charge in [0.05, 0.1) is 0 Å². The molecule has 0 saturated heterocycles. The Morgan fingerprint density at radius 3 is 1.14 bits per heavy atom. The second-order valence-electron chi connectivity index (χ2n) is 8.32. The van der Waals surface area contributed by atoms with Crippen LogP contribution in [0, 0.1) is 23.0 Å². The molecular weight excluding hydrogens is 576 g/mol. The normalized spacial score (nSPS) is 12.8. The summed E-state index contributed by atoms with van der Waals surface area (Å²) >= 11 is 4.44. The molecule has 0 aliphatic carbocycles. The van der Waals surface area contributed by atoms with Crippen molar-refractivity contribution in [1.82, 2.24) is 0 Å². The molecule has 0 aliphatic heterocycles. The van der Waals surface area contributed by atoms with Gasteiger partial charge < -0.3 is 11.5 Å². The molecule has 6 heteroatoms. The van der Waals surface area contributed by atoms with E-state index in [0.29, 0.717) is 0 Å². The summed E-state index contributed by atoms with van der Waals surface area (Å²) in [5, 5.41) is 0. The van der Waals surface area contributed by atoms with Crippen LogP contribution in [0.15, 0.2) is 48.5 Å². The van der Waals surface area contributed by atoms with Crippen LogP contribution in [0.3, 0.4) is 0 Å². The summed E-state index contributed by atoms with van der Waals surface area (Å²) in [5.41, 5.74) is 14.5. The molecule has 2 rings (SSSR count). The Kier molecular flexibility index (Phi) is 17.4. The number of rotatable bonds is 2. The molecular formula is C22H32Cl2N2Pd2. The van der Waals surface area contributed by atoms with Crippen LogP contribution >= 0.6 is 19.1 Å². The van der Waals surface area contributed by atoms with Gasteiger partial charge in [0.2, 0.25) is 0 Å². The van der Waals surface area contributed by atoms with Crippen LogP contribution in [0.4, 0.5) is 0 Å². The molecule has 0 aromatic heterocycles. The fraction of sp³-hybridized carbons (Fsp3) is 0.455. The van der Waals surface area contributed by atoms with E-state index in [2.05, 4.69) is 109 Å². The van der Waals surface area contributed by atoms with Crippen molar-refractivity contribution in [2.75, 3.05) is 0 Å². The quantitative estimate of drug-likeness (QED) is 0.305. The van der Waals surface area contributed by atoms with Gasteiger partial charge in [-0.1, -0.05) is 41.5 Å². The van der Waals surface area contributed by atoms with E-state index in [4.69, 9.17) is 11.5 Å². The summed E-state index contributed by atoms with van der Waals surface area (Å²) < 4.78 is 0. The van der Waals surface area contributed by atoms with Crippen molar-refractivity contribution in [2.45, 2.75) is 53.6 Å². The summed E-state index contributed by atoms with van der Waals surface area (Å²) in [6.07, 6.45) is 0. The Morgan fingerprint density at radius 1 is 0.679 bits per heavy atom. The molecule has 0 unspecified atom stereocenters. The van der Waals surface area contributed by atoms with Crippen molar-refractivity contribution in [1.29, 1.82) is 0 Å². The summed E-state index contributed by atoms with van der Waals surface area (Å²) in [4.78, 5) is 0. The van der Waals surface area contributed by atoms with E-state index in [1.807, 2.05) is 48.5 Å². The van der Waals surface area contributed by atoms with Crippen LogP contribution < -0.4 is 11.5 Å². The van der Waals surface area contributed by atoms with Crippen molar-refractivity contribution in [3.05, 3.63) is 71.8 Å². The molecule has 4 N–H and O–H groups in total. The van der Waals surface area contributed by atoms with E-state index in [9.17, 15) is 0 Å². The molecule has 2 aromatic carbocycles. The average Bonchev–Trinajstić information content (AvgIpc) is 2.70. The first kappa shape index (κ1) is 30.5. The summed E-state index contributed by atoms with van der Waals surface area (Å²) in [5.74, 6) is 0. The van der Waals surface area contributed by atoms with Crippen LogP contribution in [-0.2, 0) is 36.4 Å². The van der Waals surface area contributed by atoms with E-state index in [0.717, 1.165) is 11.1 Å². The molecule has 2 nitrogen and oxygen atoms in total. The fourth-order valence-electron chi connectivity index (χ4n) is 2.13. The second-order valence-corrected chi connectivity index (χ2v) is 8.32. The number of benzene rings is 2. The Balaban J connectivity index is 0. The average molecular weight is 608 g/mol. The third-order valence-electron chi connectivity index (χ3n) is 4.00. The van der Waals surface area contributed by atoms with Crippen molar-refractivity contribution >= 4 is 19.1 Å². The zero-order valence-electron chi connectivity index (χ0n) is 17.3. The van der Waals surface area contributed by atoms with Crippen LogP contribution in [0.5, 0.6) is 0 Å². The number of nitrogens with two attached hydrogens (primary N) is 2.